The third-order valence-corrected chi connectivity index (χ3v) is 2.46. The van der Waals surface area contributed by atoms with E-state index in [1.54, 1.807) is 38.3 Å². The second-order valence-corrected chi connectivity index (χ2v) is 3.81. The van der Waals surface area contributed by atoms with Gasteiger partial charge in [-0.05, 0) is 24.6 Å². The topological polar surface area (TPSA) is 84.9 Å². The van der Waals surface area contributed by atoms with Crippen LogP contribution in [0.25, 0.3) is 0 Å². The molecule has 0 aliphatic carbocycles. The molecule has 0 aliphatic heterocycles. The molecule has 0 aromatic heterocycles. The largest absolute Gasteiger partial charge is 0.497 e. The molecule has 0 saturated heterocycles. The van der Waals surface area contributed by atoms with Gasteiger partial charge in [0, 0.05) is 6.42 Å². The van der Waals surface area contributed by atoms with E-state index in [0.29, 0.717) is 5.75 Å². The monoisotopic (exact) mass is 267 g/mol. The maximum absolute atomic E-state index is 11.2. The molecule has 1 aromatic carbocycles. The zero-order valence-corrected chi connectivity index (χ0v) is 10.9. The summed E-state index contributed by atoms with van der Waals surface area (Å²) >= 11 is 0. The fourth-order valence-electron chi connectivity index (χ4n) is 1.51. The molecule has 0 unspecified atom stereocenters. The first-order chi connectivity index (χ1) is 9.06. The number of aliphatic carboxylic acids is 1. The molecule has 0 fully saturated rings. The lowest BCUT2D eigenvalue weighted by atomic mass is 10.1. The van der Waals surface area contributed by atoms with Gasteiger partial charge in [0.2, 0.25) is 0 Å². The maximum Gasteiger partial charge on any atom is 0.407 e. The van der Waals surface area contributed by atoms with Crippen molar-refractivity contribution in [1.29, 1.82) is 0 Å². The predicted molar refractivity (Wildman–Crippen MR) is 68.3 cm³/mol. The van der Waals surface area contributed by atoms with Crippen LogP contribution in [0.5, 0.6) is 5.75 Å². The molecule has 104 valence electrons. The number of hydrogen-bond donors (Lipinski definition) is 2. The van der Waals surface area contributed by atoms with Gasteiger partial charge in [0.15, 0.2) is 0 Å². The molecule has 6 heteroatoms. The summed E-state index contributed by atoms with van der Waals surface area (Å²) in [5.74, 6) is -0.419. The van der Waals surface area contributed by atoms with E-state index >= 15 is 0 Å². The van der Waals surface area contributed by atoms with Crippen LogP contribution in [-0.4, -0.2) is 36.9 Å². The second-order valence-electron chi connectivity index (χ2n) is 3.81. The number of ether oxygens (including phenoxy) is 2. The van der Waals surface area contributed by atoms with Gasteiger partial charge in [0.1, 0.15) is 11.8 Å². The van der Waals surface area contributed by atoms with E-state index in [1.807, 2.05) is 0 Å². The summed E-state index contributed by atoms with van der Waals surface area (Å²) in [6, 6.07) is 5.95. The van der Waals surface area contributed by atoms with Crippen molar-refractivity contribution in [3.05, 3.63) is 29.8 Å². The van der Waals surface area contributed by atoms with Crippen LogP contribution in [0.2, 0.25) is 0 Å². The molecular formula is C13H17NO5. The summed E-state index contributed by atoms with van der Waals surface area (Å²) in [6.45, 7) is 1.85. The number of carbonyl (C=O) groups excluding carboxylic acids is 1. The molecule has 1 atom stereocenters. The van der Waals surface area contributed by atoms with E-state index in [-0.39, 0.29) is 13.0 Å². The molecule has 6 nitrogen and oxygen atoms in total. The Kier molecular flexibility index (Phi) is 5.66. The van der Waals surface area contributed by atoms with Crippen molar-refractivity contribution >= 4 is 12.1 Å². The average Bonchev–Trinajstić information content (AvgIpc) is 2.39. The first kappa shape index (κ1) is 14.8. The van der Waals surface area contributed by atoms with Gasteiger partial charge in [-0.1, -0.05) is 12.1 Å². The third kappa shape index (κ3) is 4.87. The highest BCUT2D eigenvalue weighted by Crippen LogP contribution is 2.12. The van der Waals surface area contributed by atoms with E-state index < -0.39 is 18.1 Å². The number of alkyl carbamates (subject to hydrolysis) is 1. The quantitative estimate of drug-likeness (QED) is 0.814. The molecule has 1 aromatic rings. The van der Waals surface area contributed by atoms with Crippen molar-refractivity contribution in [2.75, 3.05) is 13.7 Å². The fraction of sp³-hybridized carbons (Fsp3) is 0.385. The maximum atomic E-state index is 11.2. The summed E-state index contributed by atoms with van der Waals surface area (Å²) < 4.78 is 9.68. The lowest BCUT2D eigenvalue weighted by Crippen LogP contribution is -2.42. The molecule has 0 radical (unpaired) electrons. The van der Waals surface area contributed by atoms with Crippen LogP contribution in [-0.2, 0) is 16.0 Å². The van der Waals surface area contributed by atoms with Gasteiger partial charge >= 0.3 is 12.1 Å². The van der Waals surface area contributed by atoms with E-state index in [1.165, 1.54) is 0 Å². The molecular weight excluding hydrogens is 250 g/mol. The lowest BCUT2D eigenvalue weighted by molar-refractivity contribution is -0.139. The summed E-state index contributed by atoms with van der Waals surface area (Å²) in [7, 11) is 1.55. The van der Waals surface area contributed by atoms with E-state index in [9.17, 15) is 9.59 Å². The minimum Gasteiger partial charge on any atom is -0.497 e. The average molecular weight is 267 g/mol. The van der Waals surface area contributed by atoms with Crippen LogP contribution < -0.4 is 10.1 Å². The van der Waals surface area contributed by atoms with Crippen molar-refractivity contribution < 1.29 is 24.2 Å². The zero-order valence-electron chi connectivity index (χ0n) is 10.9. The number of carboxylic acid groups (broad SMARTS) is 1. The summed E-state index contributed by atoms with van der Waals surface area (Å²) in [5.41, 5.74) is 0.782. The molecule has 1 rings (SSSR count). The van der Waals surface area contributed by atoms with Crippen LogP contribution in [0.3, 0.4) is 0 Å². The number of rotatable bonds is 6. The number of hydrogen-bond acceptors (Lipinski definition) is 4. The Morgan fingerprint density at radius 1 is 1.32 bits per heavy atom. The SMILES string of the molecule is CCOC(=O)N[C@@H](Cc1ccc(OC)cc1)C(=O)O. The number of carboxylic acids is 1. The minimum atomic E-state index is -1.11. The molecule has 19 heavy (non-hydrogen) atoms. The van der Waals surface area contributed by atoms with Gasteiger partial charge in [-0.2, -0.15) is 0 Å². The zero-order chi connectivity index (χ0) is 14.3. The van der Waals surface area contributed by atoms with Gasteiger partial charge in [-0.15, -0.1) is 0 Å². The van der Waals surface area contributed by atoms with Crippen LogP contribution >= 0.6 is 0 Å². The van der Waals surface area contributed by atoms with E-state index in [0.717, 1.165) is 5.56 Å². The highest BCUT2D eigenvalue weighted by molar-refractivity contribution is 5.80. The summed E-state index contributed by atoms with van der Waals surface area (Å²) in [4.78, 5) is 22.3. The fourth-order valence-corrected chi connectivity index (χ4v) is 1.51. The molecule has 1 amide bonds. The van der Waals surface area contributed by atoms with E-state index in [2.05, 4.69) is 10.1 Å². The van der Waals surface area contributed by atoms with Crippen molar-refractivity contribution in [3.63, 3.8) is 0 Å². The van der Waals surface area contributed by atoms with Crippen LogP contribution in [0.15, 0.2) is 24.3 Å². The summed E-state index contributed by atoms with van der Waals surface area (Å²) in [5, 5.41) is 11.4. The van der Waals surface area contributed by atoms with Gasteiger partial charge in [0.25, 0.3) is 0 Å². The Morgan fingerprint density at radius 2 is 1.95 bits per heavy atom. The number of carbonyl (C=O) groups is 2. The highest BCUT2D eigenvalue weighted by atomic mass is 16.5. The minimum absolute atomic E-state index is 0.179. The van der Waals surface area contributed by atoms with Crippen LogP contribution in [0.1, 0.15) is 12.5 Å². The predicted octanol–water partition coefficient (Wildman–Crippen LogP) is 1.44. The first-order valence-electron chi connectivity index (χ1n) is 5.85. The molecule has 0 saturated carbocycles. The van der Waals surface area contributed by atoms with Crippen LogP contribution in [0, 0.1) is 0 Å². The highest BCUT2D eigenvalue weighted by Gasteiger charge is 2.20. The third-order valence-electron chi connectivity index (χ3n) is 2.46. The Bertz CT molecular complexity index is 429. The van der Waals surface area contributed by atoms with Gasteiger partial charge < -0.3 is 19.9 Å². The summed E-state index contributed by atoms with van der Waals surface area (Å²) in [6.07, 6.45) is -0.554. The Morgan fingerprint density at radius 3 is 2.42 bits per heavy atom. The first-order valence-corrected chi connectivity index (χ1v) is 5.85. The normalized spacial score (nSPS) is 11.5. The molecule has 0 bridgehead atoms. The van der Waals surface area contributed by atoms with Gasteiger partial charge in [0.05, 0.1) is 13.7 Å². The van der Waals surface area contributed by atoms with Crippen molar-refractivity contribution in [3.8, 4) is 5.75 Å². The van der Waals surface area contributed by atoms with Gasteiger partial charge in [-0.25, -0.2) is 9.59 Å². The molecule has 0 aliphatic rings. The van der Waals surface area contributed by atoms with Crippen molar-refractivity contribution in [2.45, 2.75) is 19.4 Å². The Hall–Kier alpha value is -2.24. The van der Waals surface area contributed by atoms with Gasteiger partial charge in [-0.3, -0.25) is 0 Å². The number of amides is 1. The van der Waals surface area contributed by atoms with E-state index in [4.69, 9.17) is 9.84 Å². The number of nitrogens with one attached hydrogen (secondary N) is 1. The molecule has 2 N–H and O–H groups in total. The van der Waals surface area contributed by atoms with Crippen LogP contribution in [0.4, 0.5) is 4.79 Å². The smallest absolute Gasteiger partial charge is 0.407 e. The number of methoxy groups -OCH3 is 1. The molecule has 0 heterocycles. The van der Waals surface area contributed by atoms with Crippen molar-refractivity contribution in [1.82, 2.24) is 5.32 Å². The Labute approximate surface area is 111 Å². The number of benzene rings is 1. The Balaban J connectivity index is 2.66. The molecule has 0 spiro atoms. The second kappa shape index (κ2) is 7.25. The standard InChI is InChI=1S/C13H17NO5/c1-3-19-13(17)14-11(12(15)16)8-9-4-6-10(18-2)7-5-9/h4-7,11H,3,8H2,1-2H3,(H,14,17)(H,15,16)/t11-/m0/s1. The lowest BCUT2D eigenvalue weighted by Gasteiger charge is -2.14. The van der Waals surface area contributed by atoms with Crippen molar-refractivity contribution in [2.24, 2.45) is 0 Å².